The lowest BCUT2D eigenvalue weighted by Gasteiger charge is -2.45. The van der Waals surface area contributed by atoms with Crippen LogP contribution in [0.15, 0.2) is 48.6 Å². The minimum atomic E-state index is -3.63. The fourth-order valence-electron chi connectivity index (χ4n) is 6.85. The summed E-state index contributed by atoms with van der Waals surface area (Å²) in [4.78, 5) is 14.1. The summed E-state index contributed by atoms with van der Waals surface area (Å²) >= 11 is 6.35. The molecule has 1 aliphatic heterocycles. The first kappa shape index (κ1) is 29.9. The van der Waals surface area contributed by atoms with Crippen molar-refractivity contribution >= 4 is 33.3 Å². The molecule has 0 unspecified atom stereocenters. The minimum Gasteiger partial charge on any atom is -0.490 e. The Morgan fingerprint density at radius 2 is 2.07 bits per heavy atom. The van der Waals surface area contributed by atoms with Gasteiger partial charge in [0, 0.05) is 23.5 Å². The lowest BCUT2D eigenvalue weighted by molar-refractivity contribution is 0.0456. The van der Waals surface area contributed by atoms with Gasteiger partial charge >= 0.3 is 5.97 Å². The number of fused-ring (bicyclic) bond motifs is 3. The van der Waals surface area contributed by atoms with E-state index in [1.54, 1.807) is 37.3 Å². The monoisotopic (exact) mass is 602 g/mol. The van der Waals surface area contributed by atoms with Crippen LogP contribution in [0, 0.1) is 11.8 Å². The molecule has 10 heteroatoms. The molecule has 41 heavy (non-hydrogen) atoms. The maximum Gasteiger partial charge on any atom is 0.335 e. The van der Waals surface area contributed by atoms with E-state index in [9.17, 15) is 23.4 Å². The maximum atomic E-state index is 11.9. The molecule has 1 heterocycles. The molecule has 0 aromatic heterocycles. The summed E-state index contributed by atoms with van der Waals surface area (Å²) in [5, 5.41) is 26.1. The number of allylic oxidation sites excluding steroid dienone is 1. The van der Waals surface area contributed by atoms with Crippen molar-refractivity contribution in [1.29, 1.82) is 0 Å². The zero-order valence-corrected chi connectivity index (χ0v) is 24.9. The zero-order chi connectivity index (χ0) is 29.4. The number of benzene rings is 2. The molecule has 1 saturated carbocycles. The van der Waals surface area contributed by atoms with Crippen LogP contribution >= 0.6 is 11.6 Å². The number of carbonyl (C=O) groups is 1. The van der Waals surface area contributed by atoms with E-state index in [-0.39, 0.29) is 29.2 Å². The number of ether oxygens (including phenoxy) is 1. The van der Waals surface area contributed by atoms with Gasteiger partial charge in [0.15, 0.2) is 0 Å². The molecule has 2 aliphatic carbocycles. The first-order chi connectivity index (χ1) is 19.5. The molecule has 4 N–H and O–H groups in total. The van der Waals surface area contributed by atoms with E-state index < -0.39 is 27.3 Å². The Hall–Kier alpha value is -2.59. The maximum absolute atomic E-state index is 11.9. The number of anilines is 1. The number of carboxylic acid groups (broad SMARTS) is 1. The second-order valence-corrected chi connectivity index (χ2v) is 14.1. The summed E-state index contributed by atoms with van der Waals surface area (Å²) in [5.74, 6) is -0.127. The second-order valence-electron chi connectivity index (χ2n) is 11.9. The number of carboxylic acids is 1. The highest BCUT2D eigenvalue weighted by molar-refractivity contribution is 7.89. The van der Waals surface area contributed by atoms with Crippen LogP contribution in [0.25, 0.3) is 0 Å². The number of halogens is 1. The van der Waals surface area contributed by atoms with Crippen LogP contribution in [0.3, 0.4) is 0 Å². The average molecular weight is 603 g/mol. The number of hydrogen-bond acceptors (Lipinski definition) is 6. The van der Waals surface area contributed by atoms with Crippen LogP contribution in [0.2, 0.25) is 5.02 Å². The standard InChI is InChI=1S/C31H39ClN2O6S/c1-2-24(41(33,38)39)6-3-7-28(35)25-11-8-22(25)17-34-18-31(14-4-5-20-15-23(32)10-12-26(20)31)19-40-29-13-9-21(30(36)37)16-27(29)34/h3,7,9-10,12-13,15-16,22,24-25,28,35H,2,4-6,8,11,14,17-19H2,1H3,(H,36,37)(H2,33,38,39)/b7-3+/t22-,24+,25+,28-,31-/m0/s1. The van der Waals surface area contributed by atoms with Gasteiger partial charge in [0.2, 0.25) is 10.0 Å². The topological polar surface area (TPSA) is 130 Å². The van der Waals surface area contributed by atoms with E-state index in [0.29, 0.717) is 31.9 Å². The fourth-order valence-corrected chi connectivity index (χ4v) is 7.89. The van der Waals surface area contributed by atoms with Gasteiger partial charge in [-0.3, -0.25) is 0 Å². The first-order valence-electron chi connectivity index (χ1n) is 14.4. The van der Waals surface area contributed by atoms with Gasteiger partial charge in [-0.1, -0.05) is 36.7 Å². The van der Waals surface area contributed by atoms with Gasteiger partial charge in [-0.05, 0) is 98.2 Å². The average Bonchev–Trinajstić information content (AvgIpc) is 3.05. The van der Waals surface area contributed by atoms with E-state index >= 15 is 0 Å². The van der Waals surface area contributed by atoms with Crippen molar-refractivity contribution in [3.05, 3.63) is 70.3 Å². The Morgan fingerprint density at radius 1 is 1.27 bits per heavy atom. The Morgan fingerprint density at radius 3 is 2.76 bits per heavy atom. The van der Waals surface area contributed by atoms with Crippen molar-refractivity contribution in [3.63, 3.8) is 0 Å². The van der Waals surface area contributed by atoms with Crippen LogP contribution in [-0.4, -0.2) is 55.7 Å². The molecule has 0 radical (unpaired) electrons. The third-order valence-electron chi connectivity index (χ3n) is 9.31. The van der Waals surface area contributed by atoms with Gasteiger partial charge in [-0.25, -0.2) is 18.4 Å². The number of primary sulfonamides is 1. The molecular formula is C31H39ClN2O6S. The molecule has 2 aromatic carbocycles. The molecule has 0 amide bonds. The Bertz CT molecular complexity index is 1430. The smallest absolute Gasteiger partial charge is 0.335 e. The number of aryl methyl sites for hydroxylation is 1. The van der Waals surface area contributed by atoms with Crippen LogP contribution < -0.4 is 14.8 Å². The summed E-state index contributed by atoms with van der Waals surface area (Å²) in [7, 11) is -3.63. The minimum absolute atomic E-state index is 0.0180. The third-order valence-corrected chi connectivity index (χ3v) is 11.0. The number of nitrogens with two attached hydrogens (primary N) is 1. The second kappa shape index (κ2) is 12.0. The van der Waals surface area contributed by atoms with Crippen molar-refractivity contribution in [1.82, 2.24) is 0 Å². The number of aliphatic hydroxyl groups excluding tert-OH is 1. The Labute approximate surface area is 247 Å². The Balaban J connectivity index is 1.41. The summed E-state index contributed by atoms with van der Waals surface area (Å²) < 4.78 is 29.9. The highest BCUT2D eigenvalue weighted by Gasteiger charge is 2.44. The van der Waals surface area contributed by atoms with E-state index in [1.165, 1.54) is 11.1 Å². The van der Waals surface area contributed by atoms with E-state index in [4.69, 9.17) is 21.5 Å². The predicted octanol–water partition coefficient (Wildman–Crippen LogP) is 4.91. The number of aliphatic hydroxyl groups is 1. The Kier molecular flexibility index (Phi) is 8.71. The van der Waals surface area contributed by atoms with Gasteiger partial charge in [0.1, 0.15) is 5.75 Å². The number of aromatic carboxylic acids is 1. The molecule has 5 atom stereocenters. The third kappa shape index (κ3) is 6.28. The SMILES string of the molecule is CC[C@H](C/C=C/[C@H](O)[C@@H]1CC[C@H]1CN1C[C@@]2(CCCc3cc(Cl)ccc32)COc2ccc(C(=O)O)cc21)S(N)(=O)=O. The summed E-state index contributed by atoms with van der Waals surface area (Å²) in [6.07, 6.45) is 8.13. The lowest BCUT2D eigenvalue weighted by atomic mass is 9.68. The molecule has 8 nitrogen and oxygen atoms in total. The van der Waals surface area contributed by atoms with Gasteiger partial charge in [0.05, 0.1) is 29.2 Å². The number of sulfonamides is 1. The van der Waals surface area contributed by atoms with Crippen molar-refractivity contribution in [3.8, 4) is 5.75 Å². The molecule has 5 rings (SSSR count). The molecule has 1 fully saturated rings. The van der Waals surface area contributed by atoms with E-state index in [0.717, 1.165) is 42.8 Å². The van der Waals surface area contributed by atoms with E-state index in [1.807, 2.05) is 12.1 Å². The summed E-state index contributed by atoms with van der Waals surface area (Å²) in [6.45, 7) is 3.58. The molecule has 0 bridgehead atoms. The van der Waals surface area contributed by atoms with Crippen molar-refractivity contribution < 1.29 is 28.2 Å². The van der Waals surface area contributed by atoms with Crippen LogP contribution in [0.4, 0.5) is 5.69 Å². The normalized spacial score (nSPS) is 25.5. The number of hydrogen-bond donors (Lipinski definition) is 3. The zero-order valence-electron chi connectivity index (χ0n) is 23.3. The van der Waals surface area contributed by atoms with Gasteiger partial charge < -0.3 is 19.8 Å². The van der Waals surface area contributed by atoms with Crippen molar-refractivity contribution in [2.24, 2.45) is 17.0 Å². The molecule has 3 aliphatic rings. The van der Waals surface area contributed by atoms with Crippen LogP contribution in [0.5, 0.6) is 5.75 Å². The van der Waals surface area contributed by atoms with Gasteiger partial charge in [-0.2, -0.15) is 0 Å². The molecule has 222 valence electrons. The highest BCUT2D eigenvalue weighted by Crippen LogP contribution is 2.46. The van der Waals surface area contributed by atoms with Crippen molar-refractivity contribution in [2.45, 2.75) is 68.6 Å². The molecule has 2 aromatic rings. The first-order valence-corrected chi connectivity index (χ1v) is 16.4. The van der Waals surface area contributed by atoms with Crippen LogP contribution in [0.1, 0.15) is 66.9 Å². The van der Waals surface area contributed by atoms with Gasteiger partial charge in [-0.15, -0.1) is 0 Å². The van der Waals surface area contributed by atoms with Crippen molar-refractivity contribution in [2.75, 3.05) is 24.6 Å². The quantitative estimate of drug-likeness (QED) is 0.348. The largest absolute Gasteiger partial charge is 0.490 e. The van der Waals surface area contributed by atoms with Gasteiger partial charge in [0.25, 0.3) is 0 Å². The molecule has 1 spiro atoms. The van der Waals surface area contributed by atoms with Crippen LogP contribution in [-0.2, 0) is 21.9 Å². The number of nitrogens with zero attached hydrogens (tertiary/aromatic N) is 1. The summed E-state index contributed by atoms with van der Waals surface area (Å²) in [6, 6.07) is 11.1. The van der Waals surface area contributed by atoms with E-state index in [2.05, 4.69) is 11.0 Å². The fraction of sp³-hybridized carbons (Fsp3) is 0.516. The number of rotatable bonds is 9. The molecular weight excluding hydrogens is 564 g/mol. The lowest BCUT2D eigenvalue weighted by Crippen LogP contribution is -2.49. The molecule has 0 saturated heterocycles. The summed E-state index contributed by atoms with van der Waals surface area (Å²) in [5.41, 5.74) is 3.16. The highest BCUT2D eigenvalue weighted by atomic mass is 35.5. The predicted molar refractivity (Wildman–Crippen MR) is 160 cm³/mol.